The highest BCUT2D eigenvalue weighted by Gasteiger charge is 2.27. The number of nitrogens with one attached hydrogen (secondary N) is 1. The van der Waals surface area contributed by atoms with Gasteiger partial charge in [-0.3, -0.25) is 14.6 Å². The number of carbonyl (C=O) groups excluding carboxylic acids is 2. The predicted octanol–water partition coefficient (Wildman–Crippen LogP) is 3.10. The van der Waals surface area contributed by atoms with Gasteiger partial charge >= 0.3 is 6.03 Å². The van der Waals surface area contributed by atoms with Gasteiger partial charge in [-0.1, -0.05) is 19.1 Å². The average molecular weight is 418 g/mol. The summed E-state index contributed by atoms with van der Waals surface area (Å²) in [5.74, 6) is 1.29. The van der Waals surface area contributed by atoms with Gasteiger partial charge in [0, 0.05) is 24.5 Å². The molecule has 3 rings (SSSR count). The fourth-order valence-electron chi connectivity index (χ4n) is 3.21. The Balaban J connectivity index is 1.53. The number of ether oxygens (including phenoxy) is 2. The topological polar surface area (TPSA) is 71.1 Å². The van der Waals surface area contributed by atoms with Gasteiger partial charge in [0.1, 0.15) is 6.61 Å². The second kappa shape index (κ2) is 10.3. The fourth-order valence-corrected chi connectivity index (χ4v) is 3.83. The lowest BCUT2D eigenvalue weighted by molar-refractivity contribution is -0.125. The van der Waals surface area contributed by atoms with Gasteiger partial charge in [-0.05, 0) is 42.1 Å². The maximum absolute atomic E-state index is 11.7. The van der Waals surface area contributed by atoms with Crippen molar-refractivity contribution in [2.45, 2.75) is 26.5 Å². The van der Waals surface area contributed by atoms with Crippen LogP contribution in [0.25, 0.3) is 0 Å². The van der Waals surface area contributed by atoms with Gasteiger partial charge in [0.05, 0.1) is 13.7 Å². The van der Waals surface area contributed by atoms with E-state index in [9.17, 15) is 9.59 Å². The first-order chi connectivity index (χ1) is 14.1. The maximum atomic E-state index is 11.7. The Hall–Kier alpha value is -2.58. The molecule has 0 aliphatic carbocycles. The minimum atomic E-state index is -0.291. The number of benzene rings is 1. The highest BCUT2D eigenvalue weighted by atomic mass is 32.1. The number of urea groups is 1. The van der Waals surface area contributed by atoms with Crippen LogP contribution in [0.5, 0.6) is 11.5 Å². The van der Waals surface area contributed by atoms with E-state index in [4.69, 9.17) is 9.47 Å². The Labute approximate surface area is 175 Å². The van der Waals surface area contributed by atoms with E-state index in [0.717, 1.165) is 43.1 Å². The van der Waals surface area contributed by atoms with Crippen LogP contribution in [-0.4, -0.2) is 55.0 Å². The Bertz CT molecular complexity index is 809. The first-order valence-corrected chi connectivity index (χ1v) is 10.6. The van der Waals surface area contributed by atoms with Crippen LogP contribution >= 0.6 is 11.3 Å². The number of methoxy groups -OCH3 is 1. The summed E-state index contributed by atoms with van der Waals surface area (Å²) < 4.78 is 11.4. The minimum Gasteiger partial charge on any atom is -0.493 e. The van der Waals surface area contributed by atoms with Crippen LogP contribution in [0.1, 0.15) is 23.8 Å². The van der Waals surface area contributed by atoms with Crippen molar-refractivity contribution in [2.75, 3.05) is 33.3 Å². The summed E-state index contributed by atoms with van der Waals surface area (Å²) in [7, 11) is 1.65. The zero-order valence-electron chi connectivity index (χ0n) is 16.8. The largest absolute Gasteiger partial charge is 0.493 e. The van der Waals surface area contributed by atoms with Gasteiger partial charge in [0.2, 0.25) is 5.91 Å². The first-order valence-electron chi connectivity index (χ1n) is 9.73. The summed E-state index contributed by atoms with van der Waals surface area (Å²) >= 11 is 1.67. The molecule has 8 heteroatoms. The van der Waals surface area contributed by atoms with Crippen LogP contribution in [0.2, 0.25) is 0 Å². The van der Waals surface area contributed by atoms with E-state index < -0.39 is 0 Å². The molecule has 0 saturated carbocycles. The second-order valence-electron chi connectivity index (χ2n) is 6.78. The van der Waals surface area contributed by atoms with Crippen LogP contribution in [0, 0.1) is 0 Å². The van der Waals surface area contributed by atoms with E-state index in [0.29, 0.717) is 13.2 Å². The molecule has 1 saturated heterocycles. The van der Waals surface area contributed by atoms with Crippen molar-refractivity contribution in [1.82, 2.24) is 15.1 Å². The maximum Gasteiger partial charge on any atom is 0.324 e. The molecule has 0 unspecified atom stereocenters. The number of hydrogen-bond acceptors (Lipinski definition) is 6. The molecular weight excluding hydrogens is 390 g/mol. The molecule has 1 N–H and O–H groups in total. The molecule has 1 fully saturated rings. The summed E-state index contributed by atoms with van der Waals surface area (Å²) in [6.07, 6.45) is 0.742. The van der Waals surface area contributed by atoms with Gasteiger partial charge in [-0.15, -0.1) is 11.3 Å². The quantitative estimate of drug-likeness (QED) is 0.569. The molecule has 3 amide bonds. The molecule has 1 aliphatic rings. The second-order valence-corrected chi connectivity index (χ2v) is 7.81. The van der Waals surface area contributed by atoms with Crippen molar-refractivity contribution >= 4 is 23.3 Å². The monoisotopic (exact) mass is 417 g/mol. The van der Waals surface area contributed by atoms with Gasteiger partial charge in [-0.2, -0.15) is 0 Å². The lowest BCUT2D eigenvalue weighted by Gasteiger charge is -2.22. The number of amides is 3. The van der Waals surface area contributed by atoms with Crippen molar-refractivity contribution < 1.29 is 19.1 Å². The highest BCUT2D eigenvalue weighted by Crippen LogP contribution is 2.29. The summed E-state index contributed by atoms with van der Waals surface area (Å²) in [4.78, 5) is 28.0. The minimum absolute atomic E-state index is 0.108. The van der Waals surface area contributed by atoms with E-state index in [2.05, 4.69) is 17.1 Å². The predicted molar refractivity (Wildman–Crippen MR) is 112 cm³/mol. The molecule has 0 radical (unpaired) electrons. The Kier molecular flexibility index (Phi) is 7.48. The van der Waals surface area contributed by atoms with Gasteiger partial charge in [0.25, 0.3) is 0 Å². The van der Waals surface area contributed by atoms with Gasteiger partial charge < -0.3 is 14.8 Å². The van der Waals surface area contributed by atoms with E-state index in [1.807, 2.05) is 35.7 Å². The fraction of sp³-hybridized carbons (Fsp3) is 0.429. The number of imide groups is 1. The molecule has 1 aliphatic heterocycles. The Morgan fingerprint density at radius 1 is 1.24 bits per heavy atom. The summed E-state index contributed by atoms with van der Waals surface area (Å²) in [5.41, 5.74) is 1.13. The van der Waals surface area contributed by atoms with Crippen molar-refractivity contribution in [3.63, 3.8) is 0 Å². The standard InChI is InChI=1S/C21H27N3O4S/c1-3-23(9-5-10-24-20(25)13-22-21(24)26)14-16-7-8-18(19(12-16)27-2)28-15-17-6-4-11-29-17/h4,6-8,11-12H,3,5,9-10,13-15H2,1-2H3,(H,22,26). The smallest absolute Gasteiger partial charge is 0.324 e. The number of thiophene rings is 1. The van der Waals surface area contributed by atoms with Crippen molar-refractivity contribution in [3.8, 4) is 11.5 Å². The average Bonchev–Trinajstić information content (AvgIpc) is 3.36. The molecule has 2 heterocycles. The van der Waals surface area contributed by atoms with E-state index >= 15 is 0 Å². The van der Waals surface area contributed by atoms with Crippen molar-refractivity contribution in [3.05, 3.63) is 46.2 Å². The normalized spacial score (nSPS) is 13.8. The third-order valence-electron chi connectivity index (χ3n) is 4.82. The molecule has 1 aromatic heterocycles. The molecule has 7 nitrogen and oxygen atoms in total. The Morgan fingerprint density at radius 2 is 2.10 bits per heavy atom. The SMILES string of the molecule is CCN(CCCN1C(=O)CNC1=O)Cc1ccc(OCc2cccs2)c(OC)c1. The summed E-state index contributed by atoms with van der Waals surface area (Å²) in [5, 5.41) is 4.58. The number of nitrogens with zero attached hydrogens (tertiary/aromatic N) is 2. The van der Waals surface area contributed by atoms with Crippen molar-refractivity contribution in [1.29, 1.82) is 0 Å². The summed E-state index contributed by atoms with van der Waals surface area (Å²) in [6, 6.07) is 9.76. The highest BCUT2D eigenvalue weighted by molar-refractivity contribution is 7.09. The molecular formula is C21H27N3O4S. The molecule has 0 spiro atoms. The van der Waals surface area contributed by atoms with E-state index in [1.165, 1.54) is 9.78 Å². The van der Waals surface area contributed by atoms with E-state index in [1.54, 1.807) is 18.4 Å². The molecule has 0 atom stereocenters. The Morgan fingerprint density at radius 3 is 2.76 bits per heavy atom. The number of rotatable bonds is 11. The van der Waals surface area contributed by atoms with Crippen LogP contribution in [-0.2, 0) is 17.9 Å². The van der Waals surface area contributed by atoms with Crippen LogP contribution < -0.4 is 14.8 Å². The van der Waals surface area contributed by atoms with Crippen molar-refractivity contribution in [2.24, 2.45) is 0 Å². The van der Waals surface area contributed by atoms with Crippen LogP contribution in [0.3, 0.4) is 0 Å². The van der Waals surface area contributed by atoms with Crippen LogP contribution in [0.15, 0.2) is 35.7 Å². The van der Waals surface area contributed by atoms with E-state index in [-0.39, 0.29) is 18.5 Å². The molecule has 156 valence electrons. The van der Waals surface area contributed by atoms with Gasteiger partial charge in [0.15, 0.2) is 11.5 Å². The number of carbonyl (C=O) groups is 2. The lowest BCUT2D eigenvalue weighted by Crippen LogP contribution is -2.34. The number of hydrogen-bond donors (Lipinski definition) is 1. The van der Waals surface area contributed by atoms with Gasteiger partial charge in [-0.25, -0.2) is 4.79 Å². The molecule has 29 heavy (non-hydrogen) atoms. The molecule has 0 bridgehead atoms. The zero-order chi connectivity index (χ0) is 20.6. The zero-order valence-corrected chi connectivity index (χ0v) is 17.7. The first kappa shape index (κ1) is 21.1. The third-order valence-corrected chi connectivity index (χ3v) is 5.67. The summed E-state index contributed by atoms with van der Waals surface area (Å²) in [6.45, 7) is 5.61. The lowest BCUT2D eigenvalue weighted by atomic mass is 10.2. The molecule has 1 aromatic carbocycles. The van der Waals surface area contributed by atoms with Crippen LogP contribution in [0.4, 0.5) is 4.79 Å². The molecule has 2 aromatic rings. The third kappa shape index (κ3) is 5.71.